The summed E-state index contributed by atoms with van der Waals surface area (Å²) in [6, 6.07) is 0. The Labute approximate surface area is 97.8 Å². The number of thiazole rings is 1. The van der Waals surface area contributed by atoms with Crippen LogP contribution in [0.15, 0.2) is 6.08 Å². The molecule has 5 heteroatoms. The van der Waals surface area contributed by atoms with Gasteiger partial charge in [-0.25, -0.2) is 4.98 Å². The molecule has 15 heavy (non-hydrogen) atoms. The van der Waals surface area contributed by atoms with E-state index in [9.17, 15) is 4.79 Å². The minimum Gasteiger partial charge on any atom is -0.375 e. The highest BCUT2D eigenvalue weighted by molar-refractivity contribution is 8.13. The molecule has 2 N–H and O–H groups in total. The summed E-state index contributed by atoms with van der Waals surface area (Å²) in [4.78, 5) is 15.9. The second kappa shape index (κ2) is 5.92. The molecule has 1 aromatic rings. The van der Waals surface area contributed by atoms with Crippen molar-refractivity contribution in [1.82, 2.24) is 4.98 Å². The predicted molar refractivity (Wildman–Crippen MR) is 68.1 cm³/mol. The van der Waals surface area contributed by atoms with Crippen molar-refractivity contribution in [2.45, 2.75) is 20.3 Å². The average Bonchev–Trinajstić information content (AvgIpc) is 2.44. The van der Waals surface area contributed by atoms with Crippen molar-refractivity contribution in [2.75, 3.05) is 11.5 Å². The summed E-state index contributed by atoms with van der Waals surface area (Å²) in [7, 11) is 0. The first kappa shape index (κ1) is 12.3. The Bertz CT molecular complexity index is 371. The van der Waals surface area contributed by atoms with Gasteiger partial charge in [0.1, 0.15) is 0 Å². The van der Waals surface area contributed by atoms with Gasteiger partial charge in [0.25, 0.3) is 0 Å². The minimum atomic E-state index is 0.168. The van der Waals surface area contributed by atoms with Gasteiger partial charge in [-0.1, -0.05) is 29.2 Å². The monoisotopic (exact) mass is 242 g/mol. The number of nitrogens with zero attached hydrogens (tertiary/aromatic N) is 1. The molecule has 0 atom stereocenters. The molecule has 0 amide bonds. The van der Waals surface area contributed by atoms with Crippen molar-refractivity contribution in [3.8, 4) is 0 Å². The van der Waals surface area contributed by atoms with Crippen LogP contribution in [0.4, 0.5) is 5.13 Å². The van der Waals surface area contributed by atoms with Crippen LogP contribution in [0.1, 0.15) is 23.9 Å². The zero-order valence-corrected chi connectivity index (χ0v) is 10.5. The summed E-state index contributed by atoms with van der Waals surface area (Å²) in [5, 5.41) is 0.770. The van der Waals surface area contributed by atoms with Gasteiger partial charge in [0.15, 0.2) is 10.2 Å². The topological polar surface area (TPSA) is 56.0 Å². The number of carbonyl (C=O) groups is 1. The predicted octanol–water partition coefficient (Wildman–Crippen LogP) is 2.72. The standard InChI is InChI=1S/C10H14N2OS2/c1-7-9(15-10(11)12-7)5-3-4-6-14-8(2)13/h3,5H,4,6H2,1-2H3,(H2,11,12). The highest BCUT2D eigenvalue weighted by Gasteiger charge is 2.00. The molecule has 0 aliphatic heterocycles. The lowest BCUT2D eigenvalue weighted by Gasteiger charge is -1.91. The number of hydrogen-bond donors (Lipinski definition) is 1. The molecule has 0 aliphatic carbocycles. The fourth-order valence-electron chi connectivity index (χ4n) is 1.05. The van der Waals surface area contributed by atoms with E-state index >= 15 is 0 Å². The van der Waals surface area contributed by atoms with Crippen molar-refractivity contribution in [3.05, 3.63) is 16.6 Å². The van der Waals surface area contributed by atoms with Crippen LogP contribution in [0.3, 0.4) is 0 Å². The summed E-state index contributed by atoms with van der Waals surface area (Å²) in [5.74, 6) is 0.833. The third-order valence-corrected chi connectivity index (χ3v) is 3.51. The van der Waals surface area contributed by atoms with Crippen LogP contribution in [0.25, 0.3) is 6.08 Å². The Morgan fingerprint density at radius 2 is 2.40 bits per heavy atom. The number of hydrogen-bond acceptors (Lipinski definition) is 5. The van der Waals surface area contributed by atoms with Gasteiger partial charge >= 0.3 is 0 Å². The highest BCUT2D eigenvalue weighted by Crippen LogP contribution is 2.21. The molecule has 0 aliphatic rings. The van der Waals surface area contributed by atoms with E-state index in [1.165, 1.54) is 23.1 Å². The van der Waals surface area contributed by atoms with E-state index in [1.807, 2.05) is 13.0 Å². The largest absolute Gasteiger partial charge is 0.375 e. The van der Waals surface area contributed by atoms with E-state index in [2.05, 4.69) is 11.1 Å². The van der Waals surface area contributed by atoms with Gasteiger partial charge in [0.05, 0.1) is 10.6 Å². The van der Waals surface area contributed by atoms with Gasteiger partial charge in [0, 0.05) is 12.7 Å². The lowest BCUT2D eigenvalue weighted by atomic mass is 10.3. The van der Waals surface area contributed by atoms with Crippen molar-refractivity contribution in [3.63, 3.8) is 0 Å². The molecule has 0 saturated heterocycles. The molecule has 3 nitrogen and oxygen atoms in total. The zero-order valence-electron chi connectivity index (χ0n) is 8.82. The van der Waals surface area contributed by atoms with Crippen LogP contribution >= 0.6 is 23.1 Å². The fraction of sp³-hybridized carbons (Fsp3) is 0.400. The number of aryl methyl sites for hydroxylation is 1. The number of nitrogens with two attached hydrogens (primary N) is 1. The number of nitrogen functional groups attached to an aromatic ring is 1. The zero-order chi connectivity index (χ0) is 11.3. The highest BCUT2D eigenvalue weighted by atomic mass is 32.2. The van der Waals surface area contributed by atoms with Gasteiger partial charge in [-0.15, -0.1) is 0 Å². The van der Waals surface area contributed by atoms with Crippen molar-refractivity contribution in [1.29, 1.82) is 0 Å². The fourth-order valence-corrected chi connectivity index (χ4v) is 2.35. The lowest BCUT2D eigenvalue weighted by molar-refractivity contribution is -0.109. The molecule has 0 fully saturated rings. The first-order chi connectivity index (χ1) is 7.09. The molecule has 0 aromatic carbocycles. The number of rotatable bonds is 4. The Morgan fingerprint density at radius 3 is 2.93 bits per heavy atom. The summed E-state index contributed by atoms with van der Waals surface area (Å²) in [5.41, 5.74) is 6.54. The second-order valence-electron chi connectivity index (χ2n) is 3.03. The lowest BCUT2D eigenvalue weighted by Crippen LogP contribution is -1.83. The van der Waals surface area contributed by atoms with E-state index < -0.39 is 0 Å². The molecular weight excluding hydrogens is 228 g/mol. The third kappa shape index (κ3) is 4.48. The molecule has 0 bridgehead atoms. The maximum absolute atomic E-state index is 10.6. The number of thioether (sulfide) groups is 1. The molecule has 1 rings (SSSR count). The van der Waals surface area contributed by atoms with E-state index in [4.69, 9.17) is 5.73 Å². The average molecular weight is 242 g/mol. The summed E-state index contributed by atoms with van der Waals surface area (Å²) < 4.78 is 0. The molecule has 1 aromatic heterocycles. The molecule has 82 valence electrons. The van der Waals surface area contributed by atoms with Crippen LogP contribution in [0.5, 0.6) is 0 Å². The van der Waals surface area contributed by atoms with Crippen LogP contribution in [0, 0.1) is 6.92 Å². The van der Waals surface area contributed by atoms with Crippen LogP contribution in [0.2, 0.25) is 0 Å². The molecule has 1 heterocycles. The quantitative estimate of drug-likeness (QED) is 0.825. The van der Waals surface area contributed by atoms with Gasteiger partial charge in [-0.05, 0) is 19.4 Å². The number of aromatic nitrogens is 1. The maximum atomic E-state index is 10.6. The Balaban J connectivity index is 2.38. The third-order valence-electron chi connectivity index (χ3n) is 1.71. The number of anilines is 1. The van der Waals surface area contributed by atoms with Gasteiger partial charge in [0.2, 0.25) is 0 Å². The Hall–Kier alpha value is -0.810. The van der Waals surface area contributed by atoms with Crippen LogP contribution in [-0.2, 0) is 4.79 Å². The molecule has 0 spiro atoms. The van der Waals surface area contributed by atoms with Crippen molar-refractivity contribution in [2.24, 2.45) is 0 Å². The van der Waals surface area contributed by atoms with Gasteiger partial charge in [-0.2, -0.15) is 0 Å². The number of allylic oxidation sites excluding steroid dienone is 1. The van der Waals surface area contributed by atoms with E-state index in [0.717, 1.165) is 22.7 Å². The summed E-state index contributed by atoms with van der Waals surface area (Å²) >= 11 is 2.83. The smallest absolute Gasteiger partial charge is 0.185 e. The molecule has 0 radical (unpaired) electrons. The van der Waals surface area contributed by atoms with Crippen molar-refractivity contribution < 1.29 is 4.79 Å². The van der Waals surface area contributed by atoms with Gasteiger partial charge in [-0.3, -0.25) is 4.79 Å². The van der Waals surface area contributed by atoms with Crippen LogP contribution < -0.4 is 5.73 Å². The number of carbonyl (C=O) groups excluding carboxylic acids is 1. The Morgan fingerprint density at radius 1 is 1.67 bits per heavy atom. The maximum Gasteiger partial charge on any atom is 0.185 e. The second-order valence-corrected chi connectivity index (χ2v) is 5.37. The first-order valence-electron chi connectivity index (χ1n) is 4.62. The SMILES string of the molecule is CC(=O)SCCC=Cc1sc(N)nc1C. The summed E-state index contributed by atoms with van der Waals surface area (Å²) in [6.07, 6.45) is 4.96. The normalized spacial score (nSPS) is 11.1. The van der Waals surface area contributed by atoms with E-state index in [-0.39, 0.29) is 5.12 Å². The Kier molecular flexibility index (Phi) is 4.84. The first-order valence-corrected chi connectivity index (χ1v) is 6.42. The van der Waals surface area contributed by atoms with E-state index in [0.29, 0.717) is 5.13 Å². The van der Waals surface area contributed by atoms with Crippen molar-refractivity contribution >= 4 is 39.4 Å². The molecular formula is C10H14N2OS2. The molecule has 0 unspecified atom stereocenters. The van der Waals surface area contributed by atoms with E-state index in [1.54, 1.807) is 6.92 Å². The summed E-state index contributed by atoms with van der Waals surface area (Å²) in [6.45, 7) is 3.53. The molecule has 0 saturated carbocycles. The minimum absolute atomic E-state index is 0.168. The van der Waals surface area contributed by atoms with Gasteiger partial charge < -0.3 is 5.73 Å². The van der Waals surface area contributed by atoms with Crippen LogP contribution in [-0.4, -0.2) is 15.9 Å².